The molecule has 4 aromatic rings. The molecular weight excluding hydrogens is 400 g/mol. The van der Waals surface area contributed by atoms with Gasteiger partial charge in [-0.15, -0.1) is 0 Å². The second-order valence-corrected chi connectivity index (χ2v) is 9.55. The van der Waals surface area contributed by atoms with E-state index < -0.39 is 0 Å². The first-order chi connectivity index (χ1) is 16.1. The fourth-order valence-corrected chi connectivity index (χ4v) is 5.17. The molecule has 0 bridgehead atoms. The van der Waals surface area contributed by atoms with Crippen LogP contribution in [0.3, 0.4) is 0 Å². The molecule has 0 spiro atoms. The highest BCUT2D eigenvalue weighted by atomic mass is 15.1. The van der Waals surface area contributed by atoms with Crippen molar-refractivity contribution in [2.45, 2.75) is 26.1 Å². The van der Waals surface area contributed by atoms with Gasteiger partial charge < -0.3 is 4.90 Å². The number of hydrogen-bond donors (Lipinski definition) is 0. The van der Waals surface area contributed by atoms with Gasteiger partial charge in [0.25, 0.3) is 0 Å². The van der Waals surface area contributed by atoms with Crippen molar-refractivity contribution in [2.24, 2.45) is 0 Å². The zero-order valence-electron chi connectivity index (χ0n) is 19.9. The van der Waals surface area contributed by atoms with Crippen LogP contribution in [0.1, 0.15) is 27.8 Å². The van der Waals surface area contributed by atoms with E-state index in [1.54, 1.807) is 0 Å². The van der Waals surface area contributed by atoms with Crippen molar-refractivity contribution >= 4 is 0 Å². The van der Waals surface area contributed by atoms with Crippen molar-refractivity contribution in [3.05, 3.63) is 119 Å². The number of fused-ring (bicyclic) bond motifs is 3. The van der Waals surface area contributed by atoms with E-state index in [1.807, 2.05) is 0 Å². The molecule has 0 saturated carbocycles. The quantitative estimate of drug-likeness (QED) is 0.285. The molecule has 2 heteroatoms. The van der Waals surface area contributed by atoms with E-state index >= 15 is 0 Å². The van der Waals surface area contributed by atoms with Gasteiger partial charge in [0, 0.05) is 19.6 Å². The molecule has 1 aliphatic carbocycles. The minimum atomic E-state index is 0.934. The van der Waals surface area contributed by atoms with E-state index in [-0.39, 0.29) is 0 Å². The van der Waals surface area contributed by atoms with E-state index in [1.165, 1.54) is 50.1 Å². The fourth-order valence-electron chi connectivity index (χ4n) is 5.17. The maximum atomic E-state index is 2.43. The summed E-state index contributed by atoms with van der Waals surface area (Å²) in [7, 11) is 6.52. The van der Waals surface area contributed by atoms with E-state index in [2.05, 4.69) is 122 Å². The van der Waals surface area contributed by atoms with Crippen molar-refractivity contribution in [1.29, 1.82) is 0 Å². The highest BCUT2D eigenvalue weighted by molar-refractivity contribution is 5.80. The van der Waals surface area contributed by atoms with Crippen molar-refractivity contribution < 1.29 is 0 Å². The third-order valence-corrected chi connectivity index (χ3v) is 6.56. The molecule has 0 unspecified atom stereocenters. The van der Waals surface area contributed by atoms with Crippen LogP contribution in [-0.4, -0.2) is 30.9 Å². The number of hydrogen-bond acceptors (Lipinski definition) is 2. The molecule has 0 amide bonds. The van der Waals surface area contributed by atoms with Gasteiger partial charge in [0.05, 0.1) is 0 Å². The predicted molar refractivity (Wildman–Crippen MR) is 139 cm³/mol. The highest BCUT2D eigenvalue weighted by Gasteiger charge is 2.23. The molecule has 0 fully saturated rings. The Kier molecular flexibility index (Phi) is 6.13. The topological polar surface area (TPSA) is 6.48 Å². The molecule has 0 N–H and O–H groups in total. The second-order valence-electron chi connectivity index (χ2n) is 9.55. The Bertz CT molecular complexity index is 1260. The molecular formula is C31H32N2. The Balaban J connectivity index is 1.36. The van der Waals surface area contributed by atoms with Gasteiger partial charge in [-0.2, -0.15) is 0 Å². The fraction of sp³-hybridized carbons (Fsp3) is 0.226. The van der Waals surface area contributed by atoms with Gasteiger partial charge in [-0.25, -0.2) is 0 Å². The lowest BCUT2D eigenvalue weighted by Crippen LogP contribution is -2.18. The first-order valence-corrected chi connectivity index (χ1v) is 11.8. The van der Waals surface area contributed by atoms with Crippen LogP contribution in [0, 0.1) is 0 Å². The lowest BCUT2D eigenvalue weighted by atomic mass is 9.97. The largest absolute Gasteiger partial charge is 0.305 e. The Morgan fingerprint density at radius 2 is 1.36 bits per heavy atom. The summed E-state index contributed by atoms with van der Waals surface area (Å²) in [5.41, 5.74) is 12.6. The van der Waals surface area contributed by atoms with Crippen molar-refractivity contribution in [1.82, 2.24) is 9.80 Å². The number of benzene rings is 4. The lowest BCUT2D eigenvalue weighted by molar-refractivity contribution is 0.318. The molecule has 166 valence electrons. The van der Waals surface area contributed by atoms with Crippen LogP contribution in [0.25, 0.3) is 22.3 Å². The van der Waals surface area contributed by atoms with Crippen molar-refractivity contribution in [2.75, 3.05) is 21.1 Å². The molecule has 2 nitrogen and oxygen atoms in total. The van der Waals surface area contributed by atoms with Crippen molar-refractivity contribution in [3.8, 4) is 22.3 Å². The average Bonchev–Trinajstić information content (AvgIpc) is 3.20. The van der Waals surface area contributed by atoms with Crippen LogP contribution in [0.4, 0.5) is 0 Å². The minimum Gasteiger partial charge on any atom is -0.305 e. The summed E-state index contributed by atoms with van der Waals surface area (Å²) in [5, 5.41) is 0. The summed E-state index contributed by atoms with van der Waals surface area (Å²) < 4.78 is 0. The zero-order valence-corrected chi connectivity index (χ0v) is 19.9. The van der Waals surface area contributed by atoms with Gasteiger partial charge in [-0.3, -0.25) is 4.90 Å². The molecule has 0 saturated heterocycles. The molecule has 4 aromatic carbocycles. The van der Waals surface area contributed by atoms with Crippen LogP contribution < -0.4 is 0 Å². The molecule has 0 heterocycles. The van der Waals surface area contributed by atoms with Crippen molar-refractivity contribution in [3.63, 3.8) is 0 Å². The maximum absolute atomic E-state index is 2.43. The van der Waals surface area contributed by atoms with Crippen LogP contribution in [0.15, 0.2) is 91.0 Å². The Morgan fingerprint density at radius 1 is 0.636 bits per heavy atom. The van der Waals surface area contributed by atoms with Gasteiger partial charge in [0.15, 0.2) is 0 Å². The van der Waals surface area contributed by atoms with Gasteiger partial charge >= 0.3 is 0 Å². The summed E-state index contributed by atoms with van der Waals surface area (Å²) in [6.45, 7) is 2.86. The molecule has 33 heavy (non-hydrogen) atoms. The van der Waals surface area contributed by atoms with Gasteiger partial charge in [-0.1, -0.05) is 84.9 Å². The van der Waals surface area contributed by atoms with Gasteiger partial charge in [0.1, 0.15) is 0 Å². The van der Waals surface area contributed by atoms with Crippen LogP contribution in [0.5, 0.6) is 0 Å². The summed E-state index contributed by atoms with van der Waals surface area (Å²) in [6, 6.07) is 33.2. The third-order valence-electron chi connectivity index (χ3n) is 6.56. The summed E-state index contributed by atoms with van der Waals surface area (Å²) in [6.07, 6.45) is 1.04. The van der Waals surface area contributed by atoms with E-state index in [9.17, 15) is 0 Å². The highest BCUT2D eigenvalue weighted by Crippen LogP contribution is 2.41. The maximum Gasteiger partial charge on any atom is 0.0237 e. The Morgan fingerprint density at radius 3 is 2.18 bits per heavy atom. The predicted octanol–water partition coefficient (Wildman–Crippen LogP) is 6.62. The first-order valence-electron chi connectivity index (χ1n) is 11.8. The van der Waals surface area contributed by atoms with E-state index in [0.29, 0.717) is 0 Å². The third kappa shape index (κ3) is 4.64. The minimum absolute atomic E-state index is 0.934. The summed E-state index contributed by atoms with van der Waals surface area (Å²) in [4.78, 5) is 4.69. The first kappa shape index (κ1) is 21.6. The Labute approximate surface area is 198 Å². The van der Waals surface area contributed by atoms with E-state index in [4.69, 9.17) is 0 Å². The molecule has 0 radical (unpaired) electrons. The SMILES string of the molecule is CN(C)Cc1cccc2c1-c1cccc(CN(C)Cc3cccc(-c4ccccc4)c3)c1C2. The second kappa shape index (κ2) is 9.35. The normalized spacial score (nSPS) is 12.3. The van der Waals surface area contributed by atoms with E-state index in [0.717, 1.165) is 26.1 Å². The summed E-state index contributed by atoms with van der Waals surface area (Å²) in [5.74, 6) is 0. The molecule has 0 atom stereocenters. The standard InChI is InChI=1S/C31H32N2/c1-32(2)21-28-16-8-14-26-19-30-27(15-9-17-29(30)31(26)28)22-33(3)20-23-10-7-13-25(18-23)24-11-5-4-6-12-24/h4-18H,19-22H2,1-3H3. The monoisotopic (exact) mass is 432 g/mol. The lowest BCUT2D eigenvalue weighted by Gasteiger charge is -2.20. The summed E-state index contributed by atoms with van der Waals surface area (Å²) >= 11 is 0. The van der Waals surface area contributed by atoms with Crippen LogP contribution >= 0.6 is 0 Å². The number of rotatable bonds is 7. The van der Waals surface area contributed by atoms with Gasteiger partial charge in [0.2, 0.25) is 0 Å². The van der Waals surface area contributed by atoms with Crippen LogP contribution in [0.2, 0.25) is 0 Å². The molecule has 0 aromatic heterocycles. The molecule has 5 rings (SSSR count). The van der Waals surface area contributed by atoms with Gasteiger partial charge in [-0.05, 0) is 83.7 Å². The molecule has 0 aliphatic heterocycles. The zero-order chi connectivity index (χ0) is 22.8. The Hall–Kier alpha value is -3.20. The smallest absolute Gasteiger partial charge is 0.0237 e. The van der Waals surface area contributed by atoms with Crippen LogP contribution in [-0.2, 0) is 26.1 Å². The average molecular weight is 433 g/mol. The molecule has 1 aliphatic rings. The number of nitrogens with zero attached hydrogens (tertiary/aromatic N) is 2.